The second kappa shape index (κ2) is 2.89. The second-order valence-corrected chi connectivity index (χ2v) is 2.76. The molecule has 0 saturated heterocycles. The van der Waals surface area contributed by atoms with Crippen LogP contribution in [0.25, 0.3) is 0 Å². The van der Waals surface area contributed by atoms with E-state index in [9.17, 15) is 0 Å². The van der Waals surface area contributed by atoms with Gasteiger partial charge in [-0.3, -0.25) is 0 Å². The molecule has 0 unspecified atom stereocenters. The van der Waals surface area contributed by atoms with Gasteiger partial charge in [-0.25, -0.2) is 0 Å². The van der Waals surface area contributed by atoms with Gasteiger partial charge >= 0.3 is 0 Å². The first kappa shape index (κ1) is 7.22. The van der Waals surface area contributed by atoms with E-state index < -0.39 is 0 Å². The summed E-state index contributed by atoms with van der Waals surface area (Å²) in [6.45, 7) is 2.57. The van der Waals surface area contributed by atoms with Crippen LogP contribution < -0.4 is 4.74 Å². The van der Waals surface area contributed by atoms with E-state index in [0.717, 1.165) is 17.1 Å². The van der Waals surface area contributed by atoms with Crippen molar-refractivity contribution < 1.29 is 9.47 Å². The van der Waals surface area contributed by atoms with E-state index in [0.29, 0.717) is 6.61 Å². The topological polar surface area (TPSA) is 21.8 Å². The van der Waals surface area contributed by atoms with Crippen molar-refractivity contribution in [3.63, 3.8) is 0 Å². The van der Waals surface area contributed by atoms with Gasteiger partial charge in [-0.2, -0.15) is 0 Å². The molecule has 2 rings (SSSR count). The minimum atomic E-state index is 0.546. The zero-order valence-electron chi connectivity index (χ0n) is 6.91. The van der Waals surface area contributed by atoms with Crippen LogP contribution in [0.3, 0.4) is 0 Å². The Morgan fingerprint density at radius 2 is 2.08 bits per heavy atom. The molecule has 0 spiro atoms. The Bertz CT molecular complexity index is 315. The fourth-order valence-electron chi connectivity index (χ4n) is 0.977. The molecule has 1 aliphatic heterocycles. The molecule has 2 nitrogen and oxygen atoms in total. The number of rotatable bonds is 3. The first-order chi connectivity index (χ1) is 5.86. The summed E-state index contributed by atoms with van der Waals surface area (Å²) in [6, 6.07) is 7.94. The molecule has 0 N–H and O–H groups in total. The number of aryl methyl sites for hydroxylation is 1. The van der Waals surface area contributed by atoms with Gasteiger partial charge in [0.1, 0.15) is 18.6 Å². The van der Waals surface area contributed by atoms with E-state index in [-0.39, 0.29) is 0 Å². The summed E-state index contributed by atoms with van der Waals surface area (Å²) in [5.74, 6) is 1.84. The summed E-state index contributed by atoms with van der Waals surface area (Å²) in [6.07, 6.45) is 1.69. The lowest BCUT2D eigenvalue weighted by molar-refractivity contribution is 0.314. The molecule has 0 aromatic heterocycles. The lowest BCUT2D eigenvalue weighted by atomic mass is 10.2. The summed E-state index contributed by atoms with van der Waals surface area (Å²) in [5.41, 5.74) is 1.15. The van der Waals surface area contributed by atoms with Crippen molar-refractivity contribution in [3.05, 3.63) is 41.9 Å². The van der Waals surface area contributed by atoms with Crippen molar-refractivity contribution in [2.75, 3.05) is 6.61 Å². The molecule has 1 aromatic rings. The molecule has 0 aliphatic carbocycles. The van der Waals surface area contributed by atoms with Gasteiger partial charge in [-0.05, 0) is 18.6 Å². The average molecular weight is 162 g/mol. The third-order valence-electron chi connectivity index (χ3n) is 1.75. The molecule has 1 heterocycles. The van der Waals surface area contributed by atoms with E-state index in [2.05, 4.69) is 0 Å². The number of hydrogen-bond acceptors (Lipinski definition) is 2. The highest BCUT2D eigenvalue weighted by molar-refractivity contribution is 5.32. The van der Waals surface area contributed by atoms with Crippen molar-refractivity contribution in [2.45, 2.75) is 6.92 Å². The van der Waals surface area contributed by atoms with Gasteiger partial charge in [-0.15, -0.1) is 0 Å². The normalized spacial score (nSPS) is 13.2. The standard InChI is InChI=1S/C10H10O2/c1-8-4-2-3-5-10(8)12-7-9-6-11-9/h2-6H,7H2,1H3. The summed E-state index contributed by atoms with van der Waals surface area (Å²) < 4.78 is 10.3. The van der Waals surface area contributed by atoms with Gasteiger partial charge in [0.25, 0.3) is 0 Å². The Morgan fingerprint density at radius 1 is 1.33 bits per heavy atom. The first-order valence-electron chi connectivity index (χ1n) is 3.90. The smallest absolute Gasteiger partial charge is 0.176 e. The van der Waals surface area contributed by atoms with Gasteiger partial charge in [-0.1, -0.05) is 18.2 Å². The van der Waals surface area contributed by atoms with Gasteiger partial charge in [0.15, 0.2) is 5.76 Å². The van der Waals surface area contributed by atoms with Gasteiger partial charge in [0, 0.05) is 0 Å². The fraction of sp³-hybridized carbons (Fsp3) is 0.200. The van der Waals surface area contributed by atoms with E-state index >= 15 is 0 Å². The van der Waals surface area contributed by atoms with Crippen LogP contribution in [-0.4, -0.2) is 6.61 Å². The largest absolute Gasteiger partial charge is 0.485 e. The average Bonchev–Trinajstić information content (AvgIpc) is 2.86. The van der Waals surface area contributed by atoms with Crippen molar-refractivity contribution in [2.24, 2.45) is 0 Å². The Kier molecular flexibility index (Phi) is 1.74. The summed E-state index contributed by atoms with van der Waals surface area (Å²) in [7, 11) is 0. The molecule has 12 heavy (non-hydrogen) atoms. The van der Waals surface area contributed by atoms with Crippen LogP contribution in [-0.2, 0) is 4.74 Å². The van der Waals surface area contributed by atoms with Crippen molar-refractivity contribution in [1.29, 1.82) is 0 Å². The molecular weight excluding hydrogens is 152 g/mol. The van der Waals surface area contributed by atoms with Crippen LogP contribution in [0.15, 0.2) is 36.3 Å². The second-order valence-electron chi connectivity index (χ2n) is 2.76. The molecule has 0 saturated carbocycles. The van der Waals surface area contributed by atoms with E-state index in [4.69, 9.17) is 9.47 Å². The third-order valence-corrected chi connectivity index (χ3v) is 1.75. The Labute approximate surface area is 71.4 Å². The number of hydrogen-bond donors (Lipinski definition) is 0. The van der Waals surface area contributed by atoms with Gasteiger partial charge in [0.05, 0.1) is 0 Å². The summed E-state index contributed by atoms with van der Waals surface area (Å²) in [5, 5.41) is 0. The zero-order valence-corrected chi connectivity index (χ0v) is 6.91. The maximum Gasteiger partial charge on any atom is 0.176 e. The van der Waals surface area contributed by atoms with Crippen LogP contribution in [0.2, 0.25) is 0 Å². The minimum absolute atomic E-state index is 0.546. The monoisotopic (exact) mass is 162 g/mol. The first-order valence-corrected chi connectivity index (χ1v) is 3.90. The molecule has 2 heteroatoms. The van der Waals surface area contributed by atoms with Gasteiger partial charge < -0.3 is 9.47 Å². The summed E-state index contributed by atoms with van der Waals surface area (Å²) in [4.78, 5) is 0. The number of ether oxygens (including phenoxy) is 2. The van der Waals surface area contributed by atoms with Crippen LogP contribution in [0.1, 0.15) is 5.56 Å². The van der Waals surface area contributed by atoms with Crippen LogP contribution in [0, 0.1) is 6.92 Å². The molecule has 0 amide bonds. The Hall–Kier alpha value is -1.44. The fourth-order valence-corrected chi connectivity index (χ4v) is 0.977. The lowest BCUT2D eigenvalue weighted by Crippen LogP contribution is -1.96. The molecular formula is C10H10O2. The highest BCUT2D eigenvalue weighted by Crippen LogP contribution is 2.19. The molecule has 1 aliphatic rings. The van der Waals surface area contributed by atoms with Crippen LogP contribution >= 0.6 is 0 Å². The van der Waals surface area contributed by atoms with Crippen molar-refractivity contribution in [3.8, 4) is 5.75 Å². The molecule has 0 radical (unpaired) electrons. The van der Waals surface area contributed by atoms with Crippen molar-refractivity contribution >= 4 is 0 Å². The highest BCUT2D eigenvalue weighted by Gasteiger charge is 2.10. The van der Waals surface area contributed by atoms with E-state index in [1.165, 1.54) is 0 Å². The van der Waals surface area contributed by atoms with Crippen molar-refractivity contribution in [1.82, 2.24) is 0 Å². The lowest BCUT2D eigenvalue weighted by Gasteiger charge is -2.04. The van der Waals surface area contributed by atoms with Crippen LogP contribution in [0.5, 0.6) is 5.75 Å². The molecule has 62 valence electrons. The maximum atomic E-state index is 5.47. The molecule has 0 fully saturated rings. The van der Waals surface area contributed by atoms with E-state index in [1.807, 2.05) is 31.2 Å². The maximum absolute atomic E-state index is 5.47. The zero-order chi connectivity index (χ0) is 8.39. The number of para-hydroxylation sites is 1. The molecule has 0 bridgehead atoms. The molecule has 0 atom stereocenters. The van der Waals surface area contributed by atoms with Gasteiger partial charge in [0.2, 0.25) is 0 Å². The predicted octanol–water partition coefficient (Wildman–Crippen LogP) is 2.25. The molecule has 1 aromatic carbocycles. The van der Waals surface area contributed by atoms with Crippen LogP contribution in [0.4, 0.5) is 0 Å². The summed E-state index contributed by atoms with van der Waals surface area (Å²) >= 11 is 0. The highest BCUT2D eigenvalue weighted by atomic mass is 16.6. The quantitative estimate of drug-likeness (QED) is 0.679. The van der Waals surface area contributed by atoms with E-state index in [1.54, 1.807) is 6.26 Å². The minimum Gasteiger partial charge on any atom is -0.485 e. The third kappa shape index (κ3) is 1.59. The predicted molar refractivity (Wildman–Crippen MR) is 45.8 cm³/mol. The Morgan fingerprint density at radius 3 is 2.75 bits per heavy atom. The SMILES string of the molecule is Cc1ccccc1OCC1=CO1. The number of benzene rings is 1. The Balaban J connectivity index is 2.01.